The van der Waals surface area contributed by atoms with Gasteiger partial charge in [-0.2, -0.15) is 0 Å². The van der Waals surface area contributed by atoms with Crippen molar-refractivity contribution in [3.05, 3.63) is 0 Å². The zero-order valence-corrected chi connectivity index (χ0v) is 8.58. The smallest absolute Gasteiger partial charge is 0.0601 e. The second-order valence-corrected chi connectivity index (χ2v) is 4.19. The highest BCUT2D eigenvalue weighted by Crippen LogP contribution is 2.12. The Bertz CT molecular complexity index is 196. The van der Waals surface area contributed by atoms with Gasteiger partial charge in [-0.25, -0.2) is 0 Å². The molecule has 0 unspecified atom stereocenters. The van der Waals surface area contributed by atoms with Crippen molar-refractivity contribution < 1.29 is 5.11 Å². The molecule has 1 fully saturated rings. The molecule has 1 rings (SSSR count). The van der Waals surface area contributed by atoms with Gasteiger partial charge in [-0.15, -0.1) is 5.92 Å². The number of hydrogen-bond donors (Lipinski definition) is 1. The summed E-state index contributed by atoms with van der Waals surface area (Å²) >= 11 is 0. The maximum atomic E-state index is 8.79. The number of nitrogens with zero attached hydrogens (tertiary/aromatic N) is 1. The van der Waals surface area contributed by atoms with Crippen molar-refractivity contribution in [2.24, 2.45) is 11.8 Å². The van der Waals surface area contributed by atoms with E-state index in [1.54, 1.807) is 0 Å². The fourth-order valence-electron chi connectivity index (χ4n) is 1.37. The Labute approximate surface area is 80.9 Å². The Morgan fingerprint density at radius 1 is 1.38 bits per heavy atom. The second-order valence-electron chi connectivity index (χ2n) is 4.19. The predicted molar refractivity (Wildman–Crippen MR) is 54.2 cm³/mol. The van der Waals surface area contributed by atoms with Gasteiger partial charge >= 0.3 is 0 Å². The normalized spacial score (nSPS) is 18.2. The van der Waals surface area contributed by atoms with Crippen LogP contribution in [-0.2, 0) is 0 Å². The van der Waals surface area contributed by atoms with Gasteiger partial charge in [0.25, 0.3) is 0 Å². The van der Waals surface area contributed by atoms with Gasteiger partial charge in [-0.05, 0) is 5.92 Å². The summed E-state index contributed by atoms with van der Waals surface area (Å²) in [5.41, 5.74) is 0. The minimum absolute atomic E-state index is 0.329. The minimum Gasteiger partial charge on any atom is -0.396 e. The average Bonchev–Trinajstić information content (AvgIpc) is 2.00. The standard InChI is InChI=1S/C11H19NO/c1-10(2)5-3-4-6-12-7-11(8-12)9-13/h10-11,13H,5-9H2,1-2H3. The van der Waals surface area contributed by atoms with Gasteiger partial charge in [0, 0.05) is 32.0 Å². The molecule has 1 aliphatic heterocycles. The van der Waals surface area contributed by atoms with Crippen LogP contribution in [0.25, 0.3) is 0 Å². The number of likely N-dealkylation sites (tertiary alicyclic amines) is 1. The van der Waals surface area contributed by atoms with Crippen molar-refractivity contribution in [2.45, 2.75) is 20.3 Å². The lowest BCUT2D eigenvalue weighted by atomic mass is 10.0. The molecule has 2 heteroatoms. The molecule has 74 valence electrons. The van der Waals surface area contributed by atoms with Crippen molar-refractivity contribution in [1.82, 2.24) is 4.90 Å². The van der Waals surface area contributed by atoms with Crippen LogP contribution in [0.2, 0.25) is 0 Å². The van der Waals surface area contributed by atoms with Crippen LogP contribution < -0.4 is 0 Å². The summed E-state index contributed by atoms with van der Waals surface area (Å²) < 4.78 is 0. The molecule has 0 saturated carbocycles. The summed E-state index contributed by atoms with van der Waals surface area (Å²) in [5.74, 6) is 7.50. The maximum absolute atomic E-state index is 8.79. The minimum atomic E-state index is 0.329. The molecule has 0 aliphatic carbocycles. The molecule has 0 aromatic heterocycles. The zero-order valence-electron chi connectivity index (χ0n) is 8.58. The molecule has 0 amide bonds. The van der Waals surface area contributed by atoms with Gasteiger partial charge in [0.1, 0.15) is 0 Å². The lowest BCUT2D eigenvalue weighted by Gasteiger charge is -2.36. The van der Waals surface area contributed by atoms with Crippen LogP contribution in [0.1, 0.15) is 20.3 Å². The summed E-state index contributed by atoms with van der Waals surface area (Å²) in [6, 6.07) is 0. The van der Waals surface area contributed by atoms with Gasteiger partial charge < -0.3 is 5.11 Å². The molecule has 0 atom stereocenters. The number of hydrogen-bond acceptors (Lipinski definition) is 2. The van der Waals surface area contributed by atoms with Crippen LogP contribution in [0.3, 0.4) is 0 Å². The highest BCUT2D eigenvalue weighted by Gasteiger charge is 2.24. The Hall–Kier alpha value is -0.520. The molecular formula is C11H19NO. The first-order valence-electron chi connectivity index (χ1n) is 5.01. The molecular weight excluding hydrogens is 162 g/mol. The third kappa shape index (κ3) is 3.80. The van der Waals surface area contributed by atoms with Crippen molar-refractivity contribution >= 4 is 0 Å². The molecule has 1 saturated heterocycles. The van der Waals surface area contributed by atoms with Crippen molar-refractivity contribution in [2.75, 3.05) is 26.2 Å². The molecule has 0 radical (unpaired) electrons. The number of rotatable bonds is 3. The van der Waals surface area contributed by atoms with E-state index in [1.165, 1.54) is 0 Å². The van der Waals surface area contributed by atoms with Gasteiger partial charge in [-0.1, -0.05) is 19.8 Å². The first-order valence-corrected chi connectivity index (χ1v) is 5.01. The van der Waals surface area contributed by atoms with Crippen LogP contribution in [0.5, 0.6) is 0 Å². The van der Waals surface area contributed by atoms with Crippen molar-refractivity contribution in [3.8, 4) is 11.8 Å². The number of aliphatic hydroxyl groups is 1. The average molecular weight is 181 g/mol. The van der Waals surface area contributed by atoms with Gasteiger partial charge in [0.2, 0.25) is 0 Å². The van der Waals surface area contributed by atoms with Gasteiger partial charge in [-0.3, -0.25) is 4.90 Å². The fraction of sp³-hybridized carbons (Fsp3) is 0.818. The molecule has 2 nitrogen and oxygen atoms in total. The summed E-state index contributed by atoms with van der Waals surface area (Å²) in [6.45, 7) is 7.61. The molecule has 1 aliphatic rings. The highest BCUT2D eigenvalue weighted by atomic mass is 16.3. The monoisotopic (exact) mass is 181 g/mol. The molecule has 1 N–H and O–H groups in total. The molecule has 0 aromatic carbocycles. The Morgan fingerprint density at radius 2 is 2.08 bits per heavy atom. The Morgan fingerprint density at radius 3 is 2.62 bits per heavy atom. The van der Waals surface area contributed by atoms with Crippen LogP contribution in [0, 0.1) is 23.7 Å². The molecule has 0 bridgehead atoms. The quantitative estimate of drug-likeness (QED) is 0.656. The summed E-state index contributed by atoms with van der Waals surface area (Å²) in [5, 5.41) is 8.79. The van der Waals surface area contributed by atoms with E-state index >= 15 is 0 Å². The van der Waals surface area contributed by atoms with Gasteiger partial charge in [0.05, 0.1) is 6.54 Å². The summed E-state index contributed by atoms with van der Waals surface area (Å²) in [6.07, 6.45) is 0.997. The van der Waals surface area contributed by atoms with E-state index < -0.39 is 0 Å². The molecule has 0 aromatic rings. The first kappa shape index (κ1) is 10.6. The van der Waals surface area contributed by atoms with Crippen LogP contribution in [0.4, 0.5) is 0 Å². The topological polar surface area (TPSA) is 23.5 Å². The van der Waals surface area contributed by atoms with E-state index in [9.17, 15) is 0 Å². The first-order chi connectivity index (χ1) is 6.22. The number of aliphatic hydroxyl groups excluding tert-OH is 1. The van der Waals surface area contributed by atoms with Crippen LogP contribution in [-0.4, -0.2) is 36.2 Å². The predicted octanol–water partition coefficient (Wildman–Crippen LogP) is 0.960. The van der Waals surface area contributed by atoms with E-state index in [0.29, 0.717) is 18.4 Å². The van der Waals surface area contributed by atoms with E-state index in [-0.39, 0.29) is 0 Å². The van der Waals surface area contributed by atoms with Crippen molar-refractivity contribution in [3.63, 3.8) is 0 Å². The zero-order chi connectivity index (χ0) is 9.68. The highest BCUT2D eigenvalue weighted by molar-refractivity contribution is 5.03. The molecule has 13 heavy (non-hydrogen) atoms. The Kier molecular flexibility index (Phi) is 4.27. The van der Waals surface area contributed by atoms with Crippen LogP contribution in [0.15, 0.2) is 0 Å². The Balaban J connectivity index is 2.03. The molecule has 0 spiro atoms. The van der Waals surface area contributed by atoms with E-state index in [0.717, 1.165) is 26.1 Å². The van der Waals surface area contributed by atoms with Crippen LogP contribution >= 0.6 is 0 Å². The lowest BCUT2D eigenvalue weighted by Crippen LogP contribution is -2.48. The lowest BCUT2D eigenvalue weighted by molar-refractivity contribution is 0.0654. The second kappa shape index (κ2) is 5.26. The fourth-order valence-corrected chi connectivity index (χ4v) is 1.37. The summed E-state index contributed by atoms with van der Waals surface area (Å²) in [7, 11) is 0. The SMILES string of the molecule is CC(C)CC#CCN1CC(CO)C1. The van der Waals surface area contributed by atoms with Gasteiger partial charge in [0.15, 0.2) is 0 Å². The van der Waals surface area contributed by atoms with E-state index in [4.69, 9.17) is 5.11 Å². The summed E-state index contributed by atoms with van der Waals surface area (Å²) in [4.78, 5) is 2.27. The third-order valence-corrected chi connectivity index (χ3v) is 2.23. The largest absolute Gasteiger partial charge is 0.396 e. The van der Waals surface area contributed by atoms with E-state index in [2.05, 4.69) is 30.6 Å². The van der Waals surface area contributed by atoms with E-state index in [1.807, 2.05) is 0 Å². The molecule has 1 heterocycles. The maximum Gasteiger partial charge on any atom is 0.0601 e. The van der Waals surface area contributed by atoms with Crippen molar-refractivity contribution in [1.29, 1.82) is 0 Å². The third-order valence-electron chi connectivity index (χ3n) is 2.23.